The van der Waals surface area contributed by atoms with Crippen LogP contribution in [0.5, 0.6) is 5.75 Å². The van der Waals surface area contributed by atoms with E-state index in [1.807, 2.05) is 41.8 Å². The maximum atomic E-state index is 12.8. The highest BCUT2D eigenvalue weighted by Crippen LogP contribution is 2.34. The Kier molecular flexibility index (Phi) is 7.97. The third-order valence-electron chi connectivity index (χ3n) is 5.66. The summed E-state index contributed by atoms with van der Waals surface area (Å²) >= 11 is 6.13. The van der Waals surface area contributed by atoms with Gasteiger partial charge in [0, 0.05) is 22.7 Å². The van der Waals surface area contributed by atoms with Crippen LogP contribution in [0.4, 0.5) is 0 Å². The van der Waals surface area contributed by atoms with Crippen LogP contribution in [-0.4, -0.2) is 64.3 Å². The average Bonchev–Trinajstić information content (AvgIpc) is 3.18. The average molecular weight is 512 g/mol. The highest BCUT2D eigenvalue weighted by Gasteiger charge is 2.30. The molecule has 1 atom stereocenters. The molecule has 0 saturated heterocycles. The van der Waals surface area contributed by atoms with Crippen molar-refractivity contribution < 1.29 is 24.2 Å². The Labute approximate surface area is 212 Å². The van der Waals surface area contributed by atoms with Gasteiger partial charge in [0.25, 0.3) is 0 Å². The fraction of sp³-hybridized carbons (Fsp3) is 0.320. The summed E-state index contributed by atoms with van der Waals surface area (Å²) in [5.74, 6) is 0.718. The van der Waals surface area contributed by atoms with Crippen LogP contribution in [-0.2, 0) is 14.3 Å². The molecule has 4 rings (SSSR count). The van der Waals surface area contributed by atoms with Gasteiger partial charge in [0.15, 0.2) is 5.82 Å². The lowest BCUT2D eigenvalue weighted by Crippen LogP contribution is -2.29. The number of nitrogens with zero attached hydrogens (tertiary/aromatic N) is 4. The van der Waals surface area contributed by atoms with Gasteiger partial charge in [-0.1, -0.05) is 23.7 Å². The second kappa shape index (κ2) is 11.3. The number of carboxylic acid groups (broad SMARTS) is 1. The minimum atomic E-state index is -0.931. The van der Waals surface area contributed by atoms with E-state index in [1.165, 1.54) is 0 Å². The SMILES string of the molecule is COc1ccc2c(c1)C(c1ccc(Cl)cc1)=N[C@@H](CC(=O)NCCOCCC(=O)O)c1nnc(C)n1-2. The lowest BCUT2D eigenvalue weighted by molar-refractivity contribution is -0.138. The molecule has 0 fully saturated rings. The maximum Gasteiger partial charge on any atom is 0.305 e. The second-order valence-electron chi connectivity index (χ2n) is 8.13. The fourth-order valence-corrected chi connectivity index (χ4v) is 4.07. The number of carbonyl (C=O) groups excluding carboxylic acids is 1. The minimum absolute atomic E-state index is 0.0372. The monoisotopic (exact) mass is 511 g/mol. The summed E-state index contributed by atoms with van der Waals surface area (Å²) < 4.78 is 12.6. The maximum absolute atomic E-state index is 12.8. The van der Waals surface area contributed by atoms with Gasteiger partial charge in [0.1, 0.15) is 17.6 Å². The van der Waals surface area contributed by atoms with Crippen molar-refractivity contribution in [2.45, 2.75) is 25.8 Å². The van der Waals surface area contributed by atoms with Gasteiger partial charge in [-0.05, 0) is 37.3 Å². The topological polar surface area (TPSA) is 128 Å². The Morgan fingerprint density at radius 3 is 2.64 bits per heavy atom. The van der Waals surface area contributed by atoms with Crippen molar-refractivity contribution in [3.63, 3.8) is 0 Å². The molecule has 0 aliphatic carbocycles. The number of ether oxygens (including phenoxy) is 2. The predicted molar refractivity (Wildman–Crippen MR) is 133 cm³/mol. The minimum Gasteiger partial charge on any atom is -0.497 e. The lowest BCUT2D eigenvalue weighted by atomic mass is 10.00. The molecule has 2 N–H and O–H groups in total. The molecule has 0 unspecified atom stereocenters. The van der Waals surface area contributed by atoms with E-state index in [4.69, 9.17) is 31.2 Å². The van der Waals surface area contributed by atoms with Gasteiger partial charge in [-0.3, -0.25) is 19.1 Å². The number of rotatable bonds is 10. The zero-order valence-electron chi connectivity index (χ0n) is 19.9. The number of carbonyl (C=O) groups is 2. The number of nitrogens with one attached hydrogen (secondary N) is 1. The third-order valence-corrected chi connectivity index (χ3v) is 5.91. The lowest BCUT2D eigenvalue weighted by Gasteiger charge is -2.14. The van der Waals surface area contributed by atoms with E-state index in [0.29, 0.717) is 28.1 Å². The molecule has 2 heterocycles. The molecule has 0 spiro atoms. The molecular formula is C25H26ClN5O5. The third kappa shape index (κ3) is 5.72. The first kappa shape index (κ1) is 25.3. The highest BCUT2D eigenvalue weighted by atomic mass is 35.5. The van der Waals surface area contributed by atoms with E-state index >= 15 is 0 Å². The number of aromatic nitrogens is 3. The molecule has 0 radical (unpaired) electrons. The van der Waals surface area contributed by atoms with E-state index in [0.717, 1.165) is 16.8 Å². The molecule has 3 aromatic rings. The summed E-state index contributed by atoms with van der Waals surface area (Å²) in [5.41, 5.74) is 3.16. The number of aryl methyl sites for hydroxylation is 1. The van der Waals surface area contributed by atoms with Gasteiger partial charge in [-0.15, -0.1) is 10.2 Å². The smallest absolute Gasteiger partial charge is 0.305 e. The number of benzene rings is 2. The molecule has 1 amide bonds. The first-order chi connectivity index (χ1) is 17.4. The Morgan fingerprint density at radius 1 is 1.14 bits per heavy atom. The van der Waals surface area contributed by atoms with Crippen molar-refractivity contribution in [1.82, 2.24) is 20.1 Å². The van der Waals surface area contributed by atoms with Crippen LogP contribution in [0.1, 0.15) is 41.7 Å². The van der Waals surface area contributed by atoms with E-state index in [9.17, 15) is 9.59 Å². The number of halogens is 1. The van der Waals surface area contributed by atoms with E-state index < -0.39 is 12.0 Å². The molecule has 10 nitrogen and oxygen atoms in total. The quantitative estimate of drug-likeness (QED) is 0.400. The van der Waals surface area contributed by atoms with E-state index in [-0.39, 0.29) is 38.5 Å². The summed E-state index contributed by atoms with van der Waals surface area (Å²) in [6.07, 6.45) is -0.0476. The molecule has 36 heavy (non-hydrogen) atoms. The van der Waals surface area contributed by atoms with Crippen molar-refractivity contribution in [2.75, 3.05) is 26.9 Å². The van der Waals surface area contributed by atoms with E-state index in [1.54, 1.807) is 19.2 Å². The fourth-order valence-electron chi connectivity index (χ4n) is 3.95. The molecule has 1 aliphatic heterocycles. The van der Waals surface area contributed by atoms with Crippen molar-refractivity contribution in [1.29, 1.82) is 0 Å². The van der Waals surface area contributed by atoms with Gasteiger partial charge < -0.3 is 19.9 Å². The van der Waals surface area contributed by atoms with Gasteiger partial charge in [-0.2, -0.15) is 0 Å². The molecule has 2 aromatic carbocycles. The number of hydrogen-bond acceptors (Lipinski definition) is 7. The first-order valence-corrected chi connectivity index (χ1v) is 11.8. The number of amides is 1. The van der Waals surface area contributed by atoms with Crippen molar-refractivity contribution in [2.24, 2.45) is 4.99 Å². The molecule has 1 aromatic heterocycles. The van der Waals surface area contributed by atoms with Gasteiger partial charge in [-0.25, -0.2) is 0 Å². The molecular weight excluding hydrogens is 486 g/mol. The number of fused-ring (bicyclic) bond motifs is 3. The molecule has 188 valence electrons. The zero-order chi connectivity index (χ0) is 25.7. The summed E-state index contributed by atoms with van der Waals surface area (Å²) in [4.78, 5) is 28.4. The van der Waals surface area contributed by atoms with Crippen LogP contribution in [0.3, 0.4) is 0 Å². The number of carboxylic acids is 1. The predicted octanol–water partition coefficient (Wildman–Crippen LogP) is 3.13. The highest BCUT2D eigenvalue weighted by molar-refractivity contribution is 6.30. The van der Waals surface area contributed by atoms with E-state index in [2.05, 4.69) is 15.5 Å². The van der Waals surface area contributed by atoms with Crippen molar-refractivity contribution in [3.8, 4) is 11.4 Å². The van der Waals surface area contributed by atoms with Crippen LogP contribution in [0, 0.1) is 6.92 Å². The Morgan fingerprint density at radius 2 is 1.92 bits per heavy atom. The normalized spacial score (nSPS) is 14.3. The van der Waals surface area contributed by atoms with Gasteiger partial charge >= 0.3 is 5.97 Å². The van der Waals surface area contributed by atoms with Crippen LogP contribution in [0.2, 0.25) is 5.02 Å². The van der Waals surface area contributed by atoms with Crippen molar-refractivity contribution >= 4 is 29.2 Å². The molecule has 0 saturated carbocycles. The number of hydrogen-bond donors (Lipinski definition) is 2. The second-order valence-corrected chi connectivity index (χ2v) is 8.57. The number of methoxy groups -OCH3 is 1. The van der Waals surface area contributed by atoms with Crippen LogP contribution < -0.4 is 10.1 Å². The number of aliphatic carboxylic acids is 1. The molecule has 11 heteroatoms. The molecule has 0 bridgehead atoms. The van der Waals surface area contributed by atoms with Gasteiger partial charge in [0.2, 0.25) is 5.91 Å². The zero-order valence-corrected chi connectivity index (χ0v) is 20.7. The standard InChI is InChI=1S/C25H26ClN5O5/c1-15-29-30-25-20(14-22(32)27-10-12-36-11-9-23(33)34)28-24(16-3-5-17(26)6-4-16)19-13-18(35-2)7-8-21(19)31(15)25/h3-8,13,20H,9-12,14H2,1-2H3,(H,27,32)(H,33,34)/t20-/m0/s1. The van der Waals surface area contributed by atoms with Crippen molar-refractivity contribution in [3.05, 3.63) is 70.3 Å². The Hall–Kier alpha value is -3.76. The van der Waals surface area contributed by atoms with Gasteiger partial charge in [0.05, 0.1) is 44.6 Å². The number of aliphatic imine (C=N–C) groups is 1. The summed E-state index contributed by atoms with van der Waals surface area (Å²) in [6, 6.07) is 12.4. The molecule has 1 aliphatic rings. The Bertz CT molecular complexity index is 1290. The van der Waals surface area contributed by atoms with Crippen LogP contribution in [0.25, 0.3) is 5.69 Å². The summed E-state index contributed by atoms with van der Waals surface area (Å²) in [7, 11) is 1.60. The largest absolute Gasteiger partial charge is 0.497 e. The first-order valence-electron chi connectivity index (χ1n) is 11.4. The van der Waals surface area contributed by atoms with Crippen LogP contribution >= 0.6 is 11.6 Å². The Balaban J connectivity index is 1.65. The van der Waals surface area contributed by atoms with Crippen LogP contribution in [0.15, 0.2) is 47.5 Å². The summed E-state index contributed by atoms with van der Waals surface area (Å²) in [5, 5.41) is 20.7. The summed E-state index contributed by atoms with van der Waals surface area (Å²) in [6.45, 7) is 2.40.